The van der Waals surface area contributed by atoms with Crippen molar-refractivity contribution in [1.82, 2.24) is 10.3 Å². The maximum Gasteiger partial charge on any atom is 0.237 e. The molecule has 3 rings (SSSR count). The molecular formula is C19H30N4O2. The molecule has 2 aliphatic heterocycles. The number of amides is 1. The van der Waals surface area contributed by atoms with Crippen LogP contribution in [-0.2, 0) is 16.1 Å². The normalized spacial score (nSPS) is 20.8. The first-order valence-corrected chi connectivity index (χ1v) is 9.55. The van der Waals surface area contributed by atoms with Crippen molar-refractivity contribution in [3.05, 3.63) is 23.9 Å². The van der Waals surface area contributed by atoms with E-state index in [1.54, 1.807) is 0 Å². The van der Waals surface area contributed by atoms with E-state index in [4.69, 9.17) is 10.5 Å². The van der Waals surface area contributed by atoms with Crippen LogP contribution in [-0.4, -0.2) is 43.2 Å². The highest BCUT2D eigenvalue weighted by atomic mass is 16.5. The second-order valence-electron chi connectivity index (χ2n) is 7.12. The number of pyridine rings is 1. The van der Waals surface area contributed by atoms with Crippen molar-refractivity contribution < 1.29 is 9.53 Å². The van der Waals surface area contributed by atoms with Gasteiger partial charge in [0, 0.05) is 39.0 Å². The van der Waals surface area contributed by atoms with Crippen LogP contribution in [0.5, 0.6) is 0 Å². The number of hydrogen-bond donors (Lipinski definition) is 2. The molecule has 1 amide bonds. The zero-order valence-corrected chi connectivity index (χ0v) is 15.0. The molecule has 1 aromatic heterocycles. The molecule has 138 valence electrons. The van der Waals surface area contributed by atoms with Crippen LogP contribution in [0.25, 0.3) is 0 Å². The zero-order chi connectivity index (χ0) is 17.5. The number of carbonyl (C=O) groups is 1. The van der Waals surface area contributed by atoms with E-state index in [9.17, 15) is 4.79 Å². The van der Waals surface area contributed by atoms with Gasteiger partial charge in [-0.3, -0.25) is 4.79 Å². The van der Waals surface area contributed by atoms with Crippen molar-refractivity contribution in [3.63, 3.8) is 0 Å². The molecule has 0 radical (unpaired) electrons. The molecule has 1 unspecified atom stereocenters. The fraction of sp³-hybridized carbons (Fsp3) is 0.684. The average Bonchev–Trinajstić information content (AvgIpc) is 2.96. The highest BCUT2D eigenvalue weighted by Gasteiger charge is 2.26. The Kier molecular flexibility index (Phi) is 6.64. The molecule has 0 spiro atoms. The van der Waals surface area contributed by atoms with Gasteiger partial charge in [0.1, 0.15) is 5.82 Å². The van der Waals surface area contributed by atoms with E-state index < -0.39 is 6.04 Å². The van der Waals surface area contributed by atoms with Gasteiger partial charge in [0.2, 0.25) is 5.91 Å². The predicted molar refractivity (Wildman–Crippen MR) is 98.3 cm³/mol. The summed E-state index contributed by atoms with van der Waals surface area (Å²) in [6, 6.07) is 3.60. The summed E-state index contributed by atoms with van der Waals surface area (Å²) in [6.07, 6.45) is 8.61. The van der Waals surface area contributed by atoms with Crippen molar-refractivity contribution in [2.45, 2.75) is 51.1 Å². The molecule has 0 aliphatic carbocycles. The van der Waals surface area contributed by atoms with Gasteiger partial charge in [-0.15, -0.1) is 0 Å². The van der Waals surface area contributed by atoms with Crippen LogP contribution >= 0.6 is 0 Å². The largest absolute Gasteiger partial charge is 0.381 e. The fourth-order valence-electron chi connectivity index (χ4n) is 3.64. The maximum absolute atomic E-state index is 12.3. The Bertz CT molecular complexity index is 552. The lowest BCUT2D eigenvalue weighted by atomic mass is 9.92. The first-order chi connectivity index (χ1) is 12.2. The van der Waals surface area contributed by atoms with Gasteiger partial charge in [0.05, 0.1) is 6.04 Å². The molecule has 6 heteroatoms. The summed E-state index contributed by atoms with van der Waals surface area (Å²) in [7, 11) is 0. The van der Waals surface area contributed by atoms with E-state index in [1.165, 1.54) is 25.7 Å². The van der Waals surface area contributed by atoms with Crippen LogP contribution in [0.1, 0.15) is 44.1 Å². The monoisotopic (exact) mass is 346 g/mol. The summed E-state index contributed by atoms with van der Waals surface area (Å²) in [5.74, 6) is 1.17. The van der Waals surface area contributed by atoms with Crippen LogP contribution in [0.15, 0.2) is 18.3 Å². The van der Waals surface area contributed by atoms with Gasteiger partial charge in [-0.1, -0.05) is 12.8 Å². The number of anilines is 1. The van der Waals surface area contributed by atoms with Crippen molar-refractivity contribution >= 4 is 11.7 Å². The SMILES string of the molecule is NC(C(=O)NCc1ccnc(N2CCCCCC2)c1)C1CCOCC1. The summed E-state index contributed by atoms with van der Waals surface area (Å²) < 4.78 is 5.34. The average molecular weight is 346 g/mol. The van der Waals surface area contributed by atoms with Gasteiger partial charge in [-0.2, -0.15) is 0 Å². The van der Waals surface area contributed by atoms with E-state index in [2.05, 4.69) is 21.3 Å². The van der Waals surface area contributed by atoms with Gasteiger partial charge in [0.15, 0.2) is 0 Å². The summed E-state index contributed by atoms with van der Waals surface area (Å²) >= 11 is 0. The molecule has 3 N–H and O–H groups in total. The van der Waals surface area contributed by atoms with Crippen LogP contribution in [0.3, 0.4) is 0 Å². The third-order valence-corrected chi connectivity index (χ3v) is 5.28. The molecule has 6 nitrogen and oxygen atoms in total. The highest BCUT2D eigenvalue weighted by Crippen LogP contribution is 2.19. The molecule has 2 saturated heterocycles. The van der Waals surface area contributed by atoms with Gasteiger partial charge < -0.3 is 20.7 Å². The lowest BCUT2D eigenvalue weighted by Gasteiger charge is -2.26. The van der Waals surface area contributed by atoms with Crippen molar-refractivity contribution in [1.29, 1.82) is 0 Å². The molecule has 25 heavy (non-hydrogen) atoms. The second kappa shape index (κ2) is 9.15. The number of aromatic nitrogens is 1. The lowest BCUT2D eigenvalue weighted by molar-refractivity contribution is -0.124. The number of nitrogens with one attached hydrogen (secondary N) is 1. The molecule has 1 atom stereocenters. The van der Waals surface area contributed by atoms with Crippen LogP contribution in [0.2, 0.25) is 0 Å². The molecule has 2 aliphatic rings. The molecule has 2 fully saturated rings. The predicted octanol–water partition coefficient (Wildman–Crippen LogP) is 1.83. The molecular weight excluding hydrogens is 316 g/mol. The Labute approximate surface area is 150 Å². The Hall–Kier alpha value is -1.66. The van der Waals surface area contributed by atoms with Gasteiger partial charge in [0.25, 0.3) is 0 Å². The van der Waals surface area contributed by atoms with E-state index in [1.807, 2.05) is 12.3 Å². The third-order valence-electron chi connectivity index (χ3n) is 5.28. The van der Waals surface area contributed by atoms with Gasteiger partial charge in [-0.05, 0) is 49.3 Å². The number of nitrogens with two attached hydrogens (primary N) is 1. The first-order valence-electron chi connectivity index (χ1n) is 9.55. The summed E-state index contributed by atoms with van der Waals surface area (Å²) in [5, 5.41) is 2.99. The highest BCUT2D eigenvalue weighted by molar-refractivity contribution is 5.81. The molecule has 3 heterocycles. The second-order valence-corrected chi connectivity index (χ2v) is 7.12. The molecule has 0 saturated carbocycles. The molecule has 0 bridgehead atoms. The van der Waals surface area contributed by atoms with E-state index >= 15 is 0 Å². The Balaban J connectivity index is 1.53. The van der Waals surface area contributed by atoms with Crippen LogP contribution < -0.4 is 16.0 Å². The van der Waals surface area contributed by atoms with Crippen molar-refractivity contribution in [2.24, 2.45) is 11.7 Å². The van der Waals surface area contributed by atoms with E-state index in [-0.39, 0.29) is 11.8 Å². The maximum atomic E-state index is 12.3. The van der Waals surface area contributed by atoms with Gasteiger partial charge >= 0.3 is 0 Å². The number of carbonyl (C=O) groups excluding carboxylic acids is 1. The smallest absolute Gasteiger partial charge is 0.237 e. The van der Waals surface area contributed by atoms with Crippen LogP contribution in [0.4, 0.5) is 5.82 Å². The number of hydrogen-bond acceptors (Lipinski definition) is 5. The fourth-order valence-corrected chi connectivity index (χ4v) is 3.64. The lowest BCUT2D eigenvalue weighted by Crippen LogP contribution is -2.46. The number of rotatable bonds is 5. The minimum atomic E-state index is -0.448. The minimum Gasteiger partial charge on any atom is -0.381 e. The third kappa shape index (κ3) is 5.16. The summed E-state index contributed by atoms with van der Waals surface area (Å²) in [5.41, 5.74) is 7.20. The molecule has 1 aromatic rings. The van der Waals surface area contributed by atoms with Gasteiger partial charge in [-0.25, -0.2) is 4.98 Å². The number of ether oxygens (including phenoxy) is 1. The topological polar surface area (TPSA) is 80.5 Å². The van der Waals surface area contributed by atoms with Crippen molar-refractivity contribution in [2.75, 3.05) is 31.2 Å². The van der Waals surface area contributed by atoms with E-state index in [0.29, 0.717) is 19.8 Å². The Morgan fingerprint density at radius 2 is 2.00 bits per heavy atom. The summed E-state index contributed by atoms with van der Waals surface area (Å²) in [4.78, 5) is 19.2. The quantitative estimate of drug-likeness (QED) is 0.850. The van der Waals surface area contributed by atoms with Crippen molar-refractivity contribution in [3.8, 4) is 0 Å². The Morgan fingerprint density at radius 3 is 2.72 bits per heavy atom. The standard InChI is InChI=1S/C19H30N4O2/c20-18(16-6-11-25-12-7-16)19(24)22-14-15-5-8-21-17(13-15)23-9-3-1-2-4-10-23/h5,8,13,16,18H,1-4,6-7,9-12,14,20H2,(H,22,24). The number of nitrogens with zero attached hydrogens (tertiary/aromatic N) is 2. The Morgan fingerprint density at radius 1 is 1.28 bits per heavy atom. The van der Waals surface area contributed by atoms with E-state index in [0.717, 1.165) is 37.3 Å². The zero-order valence-electron chi connectivity index (χ0n) is 15.0. The first kappa shape index (κ1) is 18.1. The molecule has 0 aromatic carbocycles. The van der Waals surface area contributed by atoms with Crippen LogP contribution in [0, 0.1) is 5.92 Å². The minimum absolute atomic E-state index is 0.0694. The summed E-state index contributed by atoms with van der Waals surface area (Å²) in [6.45, 7) is 4.04.